The largest absolute Gasteiger partial charge is 0.494 e. The Bertz CT molecular complexity index is 1140. The van der Waals surface area contributed by atoms with Crippen molar-refractivity contribution in [1.29, 1.82) is 0 Å². The zero-order chi connectivity index (χ0) is 19.0. The van der Waals surface area contributed by atoms with Crippen LogP contribution in [0.1, 0.15) is 23.6 Å². The average molecular weight is 380 g/mol. The molecule has 4 rings (SSSR count). The first-order valence-electron chi connectivity index (χ1n) is 8.84. The molecule has 2 heterocycles. The number of benzene rings is 2. The predicted molar refractivity (Wildman–Crippen MR) is 109 cm³/mol. The van der Waals surface area contributed by atoms with Crippen molar-refractivity contribution in [2.45, 2.75) is 27.2 Å². The van der Waals surface area contributed by atoms with E-state index in [1.807, 2.05) is 38.1 Å². The average Bonchev–Trinajstić information content (AvgIpc) is 3.19. The van der Waals surface area contributed by atoms with Gasteiger partial charge in [-0.05, 0) is 62.2 Å². The number of aryl methyl sites for hydroxylation is 2. The normalized spacial score (nSPS) is 11.2. The van der Waals surface area contributed by atoms with Crippen molar-refractivity contribution < 1.29 is 13.9 Å². The summed E-state index contributed by atoms with van der Waals surface area (Å²) in [6, 6.07) is 9.82. The second-order valence-corrected chi connectivity index (χ2v) is 7.53. The number of thiazole rings is 1. The Hall–Kier alpha value is -2.86. The number of fused-ring (bicyclic) bond motifs is 2. The zero-order valence-corrected chi connectivity index (χ0v) is 16.3. The van der Waals surface area contributed by atoms with Gasteiger partial charge in [0, 0.05) is 10.9 Å². The molecule has 4 aromatic rings. The number of aromatic nitrogens is 1. The van der Waals surface area contributed by atoms with Crippen LogP contribution >= 0.6 is 11.3 Å². The molecule has 0 radical (unpaired) electrons. The molecule has 0 unspecified atom stereocenters. The molecule has 5 nitrogen and oxygen atoms in total. The molecular weight excluding hydrogens is 360 g/mol. The second kappa shape index (κ2) is 7.04. The van der Waals surface area contributed by atoms with Gasteiger partial charge < -0.3 is 14.5 Å². The van der Waals surface area contributed by atoms with Gasteiger partial charge in [-0.2, -0.15) is 0 Å². The third-order valence-electron chi connectivity index (χ3n) is 4.54. The highest BCUT2D eigenvalue weighted by molar-refractivity contribution is 7.22. The Morgan fingerprint density at radius 3 is 2.85 bits per heavy atom. The molecule has 2 aromatic carbocycles. The van der Waals surface area contributed by atoms with E-state index in [0.717, 1.165) is 32.5 Å². The number of hydrogen-bond acceptors (Lipinski definition) is 5. The van der Waals surface area contributed by atoms with Gasteiger partial charge in [-0.15, -0.1) is 0 Å². The fraction of sp³-hybridized carbons (Fsp3) is 0.238. The van der Waals surface area contributed by atoms with Crippen LogP contribution in [0.5, 0.6) is 5.75 Å². The molecule has 0 saturated heterocycles. The van der Waals surface area contributed by atoms with Crippen LogP contribution in [-0.4, -0.2) is 17.5 Å². The number of anilines is 1. The Balaban J connectivity index is 1.52. The van der Waals surface area contributed by atoms with Crippen molar-refractivity contribution in [1.82, 2.24) is 4.98 Å². The second-order valence-electron chi connectivity index (χ2n) is 6.50. The third-order valence-corrected chi connectivity index (χ3v) is 5.47. The predicted octanol–water partition coefficient (Wildman–Crippen LogP) is 5.24. The molecule has 0 spiro atoms. The van der Waals surface area contributed by atoms with E-state index in [0.29, 0.717) is 11.7 Å². The standard InChI is InChI=1S/C21H20N2O3S/c1-4-25-15-5-6-17-19(10-15)27-21(22-17)23-20(24)9-14-11-26-18-8-13(3)12(2)7-16(14)18/h5-8,10-11H,4,9H2,1-3H3,(H,22,23,24). The highest BCUT2D eigenvalue weighted by atomic mass is 32.1. The lowest BCUT2D eigenvalue weighted by molar-refractivity contribution is -0.115. The Morgan fingerprint density at radius 1 is 1.22 bits per heavy atom. The molecule has 0 saturated carbocycles. The molecule has 0 aliphatic rings. The molecule has 0 bridgehead atoms. The first-order chi connectivity index (χ1) is 13.0. The number of carbonyl (C=O) groups excluding carboxylic acids is 1. The van der Waals surface area contributed by atoms with E-state index >= 15 is 0 Å². The van der Waals surface area contributed by atoms with E-state index in [4.69, 9.17) is 9.15 Å². The molecular formula is C21H20N2O3S. The van der Waals surface area contributed by atoms with Gasteiger partial charge in [0.25, 0.3) is 0 Å². The van der Waals surface area contributed by atoms with Crippen LogP contribution in [-0.2, 0) is 11.2 Å². The monoisotopic (exact) mass is 380 g/mol. The Morgan fingerprint density at radius 2 is 2.04 bits per heavy atom. The summed E-state index contributed by atoms with van der Waals surface area (Å²) >= 11 is 1.44. The van der Waals surface area contributed by atoms with Crippen LogP contribution in [0.25, 0.3) is 21.2 Å². The van der Waals surface area contributed by atoms with Crippen molar-refractivity contribution in [3.05, 3.63) is 53.3 Å². The van der Waals surface area contributed by atoms with Crippen LogP contribution in [0.4, 0.5) is 5.13 Å². The van der Waals surface area contributed by atoms with E-state index in [1.54, 1.807) is 6.26 Å². The highest BCUT2D eigenvalue weighted by Crippen LogP contribution is 2.30. The molecule has 2 aromatic heterocycles. The molecule has 0 aliphatic heterocycles. The number of amides is 1. The van der Waals surface area contributed by atoms with Crippen molar-refractivity contribution in [3.63, 3.8) is 0 Å². The van der Waals surface area contributed by atoms with Gasteiger partial charge in [-0.1, -0.05) is 11.3 Å². The topological polar surface area (TPSA) is 64.4 Å². The fourth-order valence-corrected chi connectivity index (χ4v) is 3.93. The van der Waals surface area contributed by atoms with Gasteiger partial charge in [-0.25, -0.2) is 4.98 Å². The Kier molecular flexibility index (Phi) is 4.58. The summed E-state index contributed by atoms with van der Waals surface area (Å²) in [7, 11) is 0. The number of furan rings is 1. The summed E-state index contributed by atoms with van der Waals surface area (Å²) < 4.78 is 12.1. The summed E-state index contributed by atoms with van der Waals surface area (Å²) in [6.45, 7) is 6.67. The van der Waals surface area contributed by atoms with Crippen LogP contribution in [0.15, 0.2) is 41.0 Å². The maximum atomic E-state index is 12.5. The van der Waals surface area contributed by atoms with Crippen molar-refractivity contribution in [2.75, 3.05) is 11.9 Å². The Labute approximate surface area is 161 Å². The fourth-order valence-electron chi connectivity index (χ4n) is 3.02. The van der Waals surface area contributed by atoms with Gasteiger partial charge in [0.05, 0.1) is 29.5 Å². The summed E-state index contributed by atoms with van der Waals surface area (Å²) in [4.78, 5) is 17.0. The van der Waals surface area contributed by atoms with Gasteiger partial charge in [0.2, 0.25) is 5.91 Å². The number of hydrogen-bond donors (Lipinski definition) is 1. The number of rotatable bonds is 5. The summed E-state index contributed by atoms with van der Waals surface area (Å²) in [5.41, 5.74) is 4.89. The number of carbonyl (C=O) groups is 1. The van der Waals surface area contributed by atoms with E-state index in [-0.39, 0.29) is 12.3 Å². The number of nitrogens with one attached hydrogen (secondary N) is 1. The van der Waals surface area contributed by atoms with Gasteiger partial charge in [0.15, 0.2) is 5.13 Å². The minimum Gasteiger partial charge on any atom is -0.494 e. The van der Waals surface area contributed by atoms with E-state index < -0.39 is 0 Å². The lowest BCUT2D eigenvalue weighted by atomic mass is 10.0. The molecule has 1 N–H and O–H groups in total. The van der Waals surface area contributed by atoms with Crippen molar-refractivity contribution >= 4 is 43.6 Å². The maximum absolute atomic E-state index is 12.5. The first kappa shape index (κ1) is 17.5. The quantitative estimate of drug-likeness (QED) is 0.514. The van der Waals surface area contributed by atoms with E-state index in [9.17, 15) is 4.79 Å². The molecule has 0 aliphatic carbocycles. The number of nitrogens with zero attached hydrogens (tertiary/aromatic N) is 1. The summed E-state index contributed by atoms with van der Waals surface area (Å²) in [5, 5.41) is 4.47. The lowest BCUT2D eigenvalue weighted by Crippen LogP contribution is -2.13. The molecule has 0 atom stereocenters. The van der Waals surface area contributed by atoms with Crippen LogP contribution in [0.3, 0.4) is 0 Å². The SMILES string of the molecule is CCOc1ccc2nc(NC(=O)Cc3coc4cc(C)c(C)cc34)sc2c1. The smallest absolute Gasteiger partial charge is 0.230 e. The minimum atomic E-state index is -0.111. The lowest BCUT2D eigenvalue weighted by Gasteiger charge is -2.02. The van der Waals surface area contributed by atoms with Crippen LogP contribution in [0.2, 0.25) is 0 Å². The van der Waals surface area contributed by atoms with E-state index in [1.165, 1.54) is 22.5 Å². The van der Waals surface area contributed by atoms with Gasteiger partial charge >= 0.3 is 0 Å². The maximum Gasteiger partial charge on any atom is 0.230 e. The van der Waals surface area contributed by atoms with Gasteiger partial charge in [0.1, 0.15) is 11.3 Å². The highest BCUT2D eigenvalue weighted by Gasteiger charge is 2.14. The molecule has 1 amide bonds. The minimum absolute atomic E-state index is 0.111. The van der Waals surface area contributed by atoms with Crippen LogP contribution < -0.4 is 10.1 Å². The number of ether oxygens (including phenoxy) is 1. The van der Waals surface area contributed by atoms with Crippen molar-refractivity contribution in [3.8, 4) is 5.75 Å². The molecule has 27 heavy (non-hydrogen) atoms. The first-order valence-corrected chi connectivity index (χ1v) is 9.65. The summed E-state index contributed by atoms with van der Waals surface area (Å²) in [5.74, 6) is 0.696. The molecule has 0 fully saturated rings. The van der Waals surface area contributed by atoms with Crippen molar-refractivity contribution in [2.24, 2.45) is 0 Å². The zero-order valence-electron chi connectivity index (χ0n) is 15.5. The summed E-state index contributed by atoms with van der Waals surface area (Å²) in [6.07, 6.45) is 1.91. The van der Waals surface area contributed by atoms with Crippen LogP contribution in [0, 0.1) is 13.8 Å². The molecule has 6 heteroatoms. The third kappa shape index (κ3) is 3.53. The molecule has 138 valence electrons. The van der Waals surface area contributed by atoms with E-state index in [2.05, 4.69) is 23.3 Å². The van der Waals surface area contributed by atoms with Gasteiger partial charge in [-0.3, -0.25) is 4.79 Å².